The van der Waals surface area contributed by atoms with Gasteiger partial charge in [-0.25, -0.2) is 0 Å². The molecule has 4 rings (SSSR count). The quantitative estimate of drug-likeness (QED) is 0.535. The molecule has 2 aliphatic heterocycles. The predicted molar refractivity (Wildman–Crippen MR) is 124 cm³/mol. The van der Waals surface area contributed by atoms with Crippen LogP contribution in [0.4, 0.5) is 11.4 Å². The number of para-hydroxylation sites is 2. The summed E-state index contributed by atoms with van der Waals surface area (Å²) in [4.78, 5) is 13.2. The Bertz CT molecular complexity index is 896. The average molecular weight is 466 g/mol. The number of nitrogens with zero attached hydrogens (tertiary/aromatic N) is 1. The van der Waals surface area contributed by atoms with Crippen molar-refractivity contribution in [2.45, 2.75) is 50.2 Å². The van der Waals surface area contributed by atoms with E-state index in [-0.39, 0.29) is 18.4 Å². The maximum Gasteiger partial charge on any atom is 0.235 e. The van der Waals surface area contributed by atoms with E-state index in [1.807, 2.05) is 28.9 Å². The number of anilines is 2. The Morgan fingerprint density at radius 1 is 1.10 bits per heavy atom. The summed E-state index contributed by atoms with van der Waals surface area (Å²) in [5.41, 5.74) is 2.36. The van der Waals surface area contributed by atoms with E-state index in [0.717, 1.165) is 24.1 Å². The van der Waals surface area contributed by atoms with Crippen molar-refractivity contribution in [2.24, 2.45) is 0 Å². The molecule has 3 atom stereocenters. The minimum Gasteiger partial charge on any atom is -0.353 e. The number of hydrogen-bond acceptors (Lipinski definition) is 4. The summed E-state index contributed by atoms with van der Waals surface area (Å²) in [5.74, 6) is 0.0625. The fourth-order valence-electron chi connectivity index (χ4n) is 4.33. The van der Waals surface area contributed by atoms with Crippen LogP contribution >= 0.6 is 30.7 Å². The monoisotopic (exact) mass is 465 g/mol. The minimum absolute atomic E-state index is 0.0625. The average Bonchev–Trinajstić information content (AvgIpc) is 3.04. The predicted octanol–water partition coefficient (Wildman–Crippen LogP) is 5.71. The number of halogens is 2. The molecule has 0 unspecified atom stereocenters. The third kappa shape index (κ3) is 4.76. The lowest BCUT2D eigenvalue weighted by atomic mass is 9.99. The molecular formula is C21H22Cl2N3OPS. The second kappa shape index (κ2) is 9.28. The van der Waals surface area contributed by atoms with E-state index in [0.29, 0.717) is 35.3 Å². The van der Waals surface area contributed by atoms with Crippen molar-refractivity contribution >= 4 is 59.8 Å². The zero-order chi connectivity index (χ0) is 20.4. The molecule has 2 N–H and O–H groups in total. The molecule has 2 fully saturated rings. The van der Waals surface area contributed by atoms with Crippen LogP contribution in [-0.4, -0.2) is 28.7 Å². The molecule has 29 heavy (non-hydrogen) atoms. The number of rotatable bonds is 6. The number of amides is 1. The van der Waals surface area contributed by atoms with Gasteiger partial charge in [-0.1, -0.05) is 47.5 Å². The van der Waals surface area contributed by atoms with Gasteiger partial charge in [0, 0.05) is 23.8 Å². The number of carbonyl (C=O) groups is 1. The first kappa shape index (κ1) is 21.0. The lowest BCUT2D eigenvalue weighted by Crippen LogP contribution is -2.47. The van der Waals surface area contributed by atoms with Gasteiger partial charge < -0.3 is 10.6 Å². The van der Waals surface area contributed by atoms with E-state index in [4.69, 9.17) is 35.0 Å². The third-order valence-corrected chi connectivity index (χ3v) is 7.60. The molecule has 4 nitrogen and oxygen atoms in total. The number of fused-ring (bicyclic) bond motifs is 2. The van der Waals surface area contributed by atoms with Crippen LogP contribution in [0, 0.1) is 0 Å². The van der Waals surface area contributed by atoms with Crippen molar-refractivity contribution in [3.8, 4) is 0 Å². The highest BCUT2D eigenvalue weighted by Gasteiger charge is 2.37. The van der Waals surface area contributed by atoms with Gasteiger partial charge in [-0.05, 0) is 61.3 Å². The van der Waals surface area contributed by atoms with E-state index in [1.54, 1.807) is 18.2 Å². The SMILES string of the molecule is O=C(Cc1ccccc1Nc1c(Cl)cccc1Cl)N(P=S)[C@H]1C[C@H]2CC[C@@H](C1)N2. The smallest absolute Gasteiger partial charge is 0.235 e. The molecule has 2 aliphatic rings. The van der Waals surface area contributed by atoms with E-state index in [9.17, 15) is 4.79 Å². The maximum atomic E-state index is 13.2. The van der Waals surface area contributed by atoms with E-state index < -0.39 is 0 Å². The zero-order valence-corrected chi connectivity index (χ0v) is 19.0. The van der Waals surface area contributed by atoms with Crippen LogP contribution in [0.25, 0.3) is 0 Å². The summed E-state index contributed by atoms with van der Waals surface area (Å²) in [7, 11) is 0.595. The molecule has 1 amide bonds. The lowest BCUT2D eigenvalue weighted by Gasteiger charge is -2.34. The molecule has 0 aromatic heterocycles. The number of benzene rings is 2. The zero-order valence-electron chi connectivity index (χ0n) is 15.8. The van der Waals surface area contributed by atoms with Crippen LogP contribution in [-0.2, 0) is 23.0 Å². The first-order valence-corrected chi connectivity index (χ1v) is 12.4. The van der Waals surface area contributed by atoms with Gasteiger partial charge in [-0.3, -0.25) is 9.46 Å². The minimum atomic E-state index is 0.0625. The van der Waals surface area contributed by atoms with Gasteiger partial charge >= 0.3 is 0 Å². The molecule has 2 aromatic carbocycles. The van der Waals surface area contributed by atoms with E-state index in [2.05, 4.69) is 10.6 Å². The molecule has 152 valence electrons. The highest BCUT2D eigenvalue weighted by molar-refractivity contribution is 7.95. The highest BCUT2D eigenvalue weighted by atomic mass is 35.5. The summed E-state index contributed by atoms with van der Waals surface area (Å²) in [5, 5.41) is 8.00. The highest BCUT2D eigenvalue weighted by Crippen LogP contribution is 2.35. The second-order valence-corrected chi connectivity index (χ2v) is 9.54. The summed E-state index contributed by atoms with van der Waals surface area (Å²) in [6, 6.07) is 14.4. The van der Waals surface area contributed by atoms with Gasteiger partial charge in [-0.2, -0.15) is 0 Å². The molecule has 2 aromatic rings. The molecule has 2 bridgehead atoms. The normalized spacial score (nSPS) is 23.2. The molecule has 2 saturated heterocycles. The van der Waals surface area contributed by atoms with Crippen LogP contribution in [0.1, 0.15) is 31.2 Å². The Hall–Kier alpha value is -1.23. The van der Waals surface area contributed by atoms with E-state index >= 15 is 0 Å². The van der Waals surface area contributed by atoms with Gasteiger partial charge in [-0.15, -0.1) is 0 Å². The fourth-order valence-corrected chi connectivity index (χ4v) is 5.98. The second-order valence-electron chi connectivity index (χ2n) is 7.64. The standard InChI is InChI=1S/C21H22Cl2N3OPS/c22-17-5-3-6-18(23)21(17)25-19-7-2-1-4-13(19)10-20(27)26(28-29)16-11-14-8-9-15(12-16)24-14/h1-7,14-16,24-25H,8-12H2/t14-,15+,16+. The van der Waals surface area contributed by atoms with Crippen molar-refractivity contribution < 1.29 is 4.79 Å². The van der Waals surface area contributed by atoms with Crippen LogP contribution in [0.15, 0.2) is 42.5 Å². The first-order valence-electron chi connectivity index (χ1n) is 9.75. The topological polar surface area (TPSA) is 44.4 Å². The molecule has 2 heterocycles. The van der Waals surface area contributed by atoms with Crippen LogP contribution < -0.4 is 10.6 Å². The molecule has 0 saturated carbocycles. The van der Waals surface area contributed by atoms with Gasteiger partial charge in [0.1, 0.15) is 0 Å². The molecule has 0 spiro atoms. The molecule has 8 heteroatoms. The van der Waals surface area contributed by atoms with Gasteiger partial charge in [0.25, 0.3) is 0 Å². The van der Waals surface area contributed by atoms with Gasteiger partial charge in [0.15, 0.2) is 0 Å². The largest absolute Gasteiger partial charge is 0.353 e. The van der Waals surface area contributed by atoms with Gasteiger partial charge in [0.05, 0.1) is 29.7 Å². The Kier molecular flexibility index (Phi) is 6.73. The summed E-state index contributed by atoms with van der Waals surface area (Å²) in [6.07, 6.45) is 4.65. The Balaban J connectivity index is 1.51. The first-order chi connectivity index (χ1) is 14.0. The Morgan fingerprint density at radius 2 is 1.76 bits per heavy atom. The number of hydrogen-bond donors (Lipinski definition) is 2. The molecule has 0 aliphatic carbocycles. The Labute approximate surface area is 187 Å². The summed E-state index contributed by atoms with van der Waals surface area (Å²) < 4.78 is 1.86. The van der Waals surface area contributed by atoms with E-state index in [1.165, 1.54) is 12.8 Å². The number of piperidine rings is 1. The lowest BCUT2D eigenvalue weighted by molar-refractivity contribution is -0.127. The van der Waals surface area contributed by atoms with Crippen molar-refractivity contribution in [2.75, 3.05) is 5.32 Å². The summed E-state index contributed by atoms with van der Waals surface area (Å²) in [6.45, 7) is 0. The van der Waals surface area contributed by atoms with Crippen molar-refractivity contribution in [1.82, 2.24) is 9.99 Å². The van der Waals surface area contributed by atoms with Crippen LogP contribution in [0.3, 0.4) is 0 Å². The maximum absolute atomic E-state index is 13.2. The van der Waals surface area contributed by atoms with Crippen molar-refractivity contribution in [3.05, 3.63) is 58.1 Å². The van der Waals surface area contributed by atoms with Crippen molar-refractivity contribution in [3.63, 3.8) is 0 Å². The van der Waals surface area contributed by atoms with Crippen molar-refractivity contribution in [1.29, 1.82) is 0 Å². The fraction of sp³-hybridized carbons (Fsp3) is 0.381. The van der Waals surface area contributed by atoms with Crippen LogP contribution in [0.5, 0.6) is 0 Å². The molecular weight excluding hydrogens is 444 g/mol. The number of carbonyl (C=O) groups excluding carboxylic acids is 1. The van der Waals surface area contributed by atoms with Gasteiger partial charge in [0.2, 0.25) is 5.91 Å². The van der Waals surface area contributed by atoms with Crippen LogP contribution in [0.2, 0.25) is 10.0 Å². The Morgan fingerprint density at radius 3 is 2.41 bits per heavy atom. The number of nitrogens with one attached hydrogen (secondary N) is 2. The third-order valence-electron chi connectivity index (χ3n) is 5.72. The summed E-state index contributed by atoms with van der Waals surface area (Å²) >= 11 is 17.9. The molecule has 0 radical (unpaired) electrons.